The lowest BCUT2D eigenvalue weighted by Gasteiger charge is -2.15. The molecule has 2 aliphatic rings. The third kappa shape index (κ3) is 2.96. The predicted molar refractivity (Wildman–Crippen MR) is 71.7 cm³/mol. The van der Waals surface area contributed by atoms with E-state index in [0.717, 1.165) is 25.6 Å². The molecule has 1 saturated heterocycles. The third-order valence-corrected chi connectivity index (χ3v) is 3.87. The van der Waals surface area contributed by atoms with Gasteiger partial charge in [-0.2, -0.15) is 0 Å². The lowest BCUT2D eigenvalue weighted by molar-refractivity contribution is 0.0933. The monoisotopic (exact) mass is 263 g/mol. The number of hydrogen-bond acceptors (Lipinski definition) is 4. The summed E-state index contributed by atoms with van der Waals surface area (Å²) in [5.74, 6) is -0.0709. The number of carbonyl (C=O) groups is 1. The van der Waals surface area contributed by atoms with Crippen LogP contribution in [0.15, 0.2) is 12.5 Å². The summed E-state index contributed by atoms with van der Waals surface area (Å²) < 4.78 is 1.85. The highest BCUT2D eigenvalue weighted by molar-refractivity contribution is 5.92. The van der Waals surface area contributed by atoms with Crippen LogP contribution in [0.5, 0.6) is 0 Å². The van der Waals surface area contributed by atoms with E-state index in [4.69, 9.17) is 5.73 Å². The fraction of sp³-hybridized carbons (Fsp3) is 0.692. The summed E-state index contributed by atoms with van der Waals surface area (Å²) in [5.41, 5.74) is 5.96. The molecule has 3 rings (SSSR count). The number of aromatic nitrogens is 2. The Hall–Kier alpha value is -1.40. The molecular formula is C13H21N5O. The molecule has 0 radical (unpaired) electrons. The van der Waals surface area contributed by atoms with Crippen LogP contribution in [0.25, 0.3) is 0 Å². The molecular weight excluding hydrogens is 242 g/mol. The highest BCUT2D eigenvalue weighted by Crippen LogP contribution is 2.29. The summed E-state index contributed by atoms with van der Waals surface area (Å²) in [7, 11) is 0. The number of hydrogen-bond donors (Lipinski definition) is 2. The number of nitrogens with zero attached hydrogens (tertiary/aromatic N) is 3. The number of likely N-dealkylation sites (tertiary alicyclic amines) is 1. The first-order valence-electron chi connectivity index (χ1n) is 7.03. The van der Waals surface area contributed by atoms with Gasteiger partial charge >= 0.3 is 0 Å². The molecule has 6 nitrogen and oxygen atoms in total. The Balaban J connectivity index is 1.52. The van der Waals surface area contributed by atoms with E-state index in [1.54, 1.807) is 12.5 Å². The van der Waals surface area contributed by atoms with E-state index in [9.17, 15) is 4.79 Å². The molecule has 1 saturated carbocycles. The molecule has 1 aromatic rings. The average Bonchev–Trinajstić information content (AvgIpc) is 2.96. The van der Waals surface area contributed by atoms with Crippen molar-refractivity contribution in [3.05, 3.63) is 18.2 Å². The highest BCUT2D eigenvalue weighted by Gasteiger charge is 2.34. The summed E-state index contributed by atoms with van der Waals surface area (Å²) in [5, 5.41) is 3.08. The Labute approximate surface area is 113 Å². The minimum absolute atomic E-state index is 0.0709. The Morgan fingerprint density at radius 1 is 1.47 bits per heavy atom. The van der Waals surface area contributed by atoms with E-state index in [0.29, 0.717) is 18.8 Å². The number of nitrogens with two attached hydrogens (primary N) is 1. The maximum atomic E-state index is 12.1. The number of imidazole rings is 1. The molecule has 1 atom stereocenters. The van der Waals surface area contributed by atoms with Crippen molar-refractivity contribution in [2.75, 3.05) is 19.6 Å². The van der Waals surface area contributed by atoms with Gasteiger partial charge in [-0.15, -0.1) is 0 Å². The zero-order chi connectivity index (χ0) is 13.2. The Morgan fingerprint density at radius 2 is 2.32 bits per heavy atom. The SMILES string of the molecule is NCCn1cnc(C(=O)NC2CCN(C3CC3)C2)c1. The highest BCUT2D eigenvalue weighted by atomic mass is 16.2. The van der Waals surface area contributed by atoms with E-state index >= 15 is 0 Å². The fourth-order valence-corrected chi connectivity index (χ4v) is 2.68. The molecule has 104 valence electrons. The van der Waals surface area contributed by atoms with E-state index in [1.165, 1.54) is 12.8 Å². The van der Waals surface area contributed by atoms with Gasteiger partial charge in [0.25, 0.3) is 5.91 Å². The molecule has 0 spiro atoms. The van der Waals surface area contributed by atoms with Crippen LogP contribution in [0.1, 0.15) is 29.8 Å². The number of rotatable bonds is 5. The Kier molecular flexibility index (Phi) is 3.52. The van der Waals surface area contributed by atoms with Crippen LogP contribution >= 0.6 is 0 Å². The molecule has 19 heavy (non-hydrogen) atoms. The van der Waals surface area contributed by atoms with Crippen LogP contribution in [0.3, 0.4) is 0 Å². The molecule has 1 amide bonds. The smallest absolute Gasteiger partial charge is 0.271 e. The van der Waals surface area contributed by atoms with Crippen molar-refractivity contribution in [1.82, 2.24) is 19.8 Å². The van der Waals surface area contributed by atoms with Gasteiger partial charge in [-0.3, -0.25) is 9.69 Å². The maximum absolute atomic E-state index is 12.1. The molecule has 1 unspecified atom stereocenters. The zero-order valence-electron chi connectivity index (χ0n) is 11.1. The maximum Gasteiger partial charge on any atom is 0.271 e. The number of amides is 1. The molecule has 1 aromatic heterocycles. The van der Waals surface area contributed by atoms with Gasteiger partial charge in [-0.25, -0.2) is 4.98 Å². The van der Waals surface area contributed by atoms with Crippen molar-refractivity contribution < 1.29 is 4.79 Å². The third-order valence-electron chi connectivity index (χ3n) is 3.87. The first-order chi connectivity index (χ1) is 9.26. The van der Waals surface area contributed by atoms with Crippen molar-refractivity contribution in [3.8, 4) is 0 Å². The second-order valence-corrected chi connectivity index (χ2v) is 5.47. The van der Waals surface area contributed by atoms with Crippen LogP contribution in [-0.2, 0) is 6.54 Å². The van der Waals surface area contributed by atoms with Gasteiger partial charge in [0.2, 0.25) is 0 Å². The van der Waals surface area contributed by atoms with Crippen molar-refractivity contribution in [3.63, 3.8) is 0 Å². The topological polar surface area (TPSA) is 76.2 Å². The van der Waals surface area contributed by atoms with Crippen molar-refractivity contribution >= 4 is 5.91 Å². The van der Waals surface area contributed by atoms with E-state index in [-0.39, 0.29) is 11.9 Å². The van der Waals surface area contributed by atoms with Crippen LogP contribution in [0.2, 0.25) is 0 Å². The molecule has 2 heterocycles. The molecule has 0 aromatic carbocycles. The summed E-state index contributed by atoms with van der Waals surface area (Å²) in [6.07, 6.45) is 7.11. The van der Waals surface area contributed by atoms with Crippen LogP contribution in [0.4, 0.5) is 0 Å². The first kappa shape index (κ1) is 12.6. The molecule has 6 heteroatoms. The summed E-state index contributed by atoms with van der Waals surface area (Å²) in [6.45, 7) is 3.34. The van der Waals surface area contributed by atoms with Gasteiger partial charge in [0.15, 0.2) is 0 Å². The summed E-state index contributed by atoms with van der Waals surface area (Å²) >= 11 is 0. The van der Waals surface area contributed by atoms with Crippen LogP contribution in [0, 0.1) is 0 Å². The van der Waals surface area contributed by atoms with Crippen LogP contribution in [-0.4, -0.2) is 52.1 Å². The van der Waals surface area contributed by atoms with Gasteiger partial charge < -0.3 is 15.6 Å². The molecule has 3 N–H and O–H groups in total. The van der Waals surface area contributed by atoms with Crippen LogP contribution < -0.4 is 11.1 Å². The molecule has 0 bridgehead atoms. The van der Waals surface area contributed by atoms with E-state index < -0.39 is 0 Å². The number of nitrogens with one attached hydrogen (secondary N) is 1. The molecule has 2 fully saturated rings. The molecule has 1 aliphatic carbocycles. The minimum Gasteiger partial charge on any atom is -0.347 e. The second-order valence-electron chi connectivity index (χ2n) is 5.47. The van der Waals surface area contributed by atoms with E-state index in [2.05, 4.69) is 15.2 Å². The first-order valence-corrected chi connectivity index (χ1v) is 7.03. The number of carbonyl (C=O) groups excluding carboxylic acids is 1. The second kappa shape index (κ2) is 5.30. The largest absolute Gasteiger partial charge is 0.347 e. The lowest BCUT2D eigenvalue weighted by Crippen LogP contribution is -2.37. The predicted octanol–water partition coefficient (Wildman–Crippen LogP) is -0.192. The Morgan fingerprint density at radius 3 is 3.05 bits per heavy atom. The fourth-order valence-electron chi connectivity index (χ4n) is 2.68. The zero-order valence-corrected chi connectivity index (χ0v) is 11.1. The van der Waals surface area contributed by atoms with Crippen molar-refractivity contribution in [2.24, 2.45) is 5.73 Å². The Bertz CT molecular complexity index is 454. The average molecular weight is 263 g/mol. The van der Waals surface area contributed by atoms with Crippen molar-refractivity contribution in [2.45, 2.75) is 37.9 Å². The molecule has 1 aliphatic heterocycles. The van der Waals surface area contributed by atoms with Gasteiger partial charge in [0, 0.05) is 44.5 Å². The van der Waals surface area contributed by atoms with Gasteiger partial charge in [0.1, 0.15) is 5.69 Å². The summed E-state index contributed by atoms with van der Waals surface area (Å²) in [4.78, 5) is 18.7. The lowest BCUT2D eigenvalue weighted by atomic mass is 10.2. The normalized spacial score (nSPS) is 23.7. The van der Waals surface area contributed by atoms with Crippen molar-refractivity contribution in [1.29, 1.82) is 0 Å². The van der Waals surface area contributed by atoms with Gasteiger partial charge in [0.05, 0.1) is 6.33 Å². The van der Waals surface area contributed by atoms with Gasteiger partial charge in [-0.1, -0.05) is 0 Å². The van der Waals surface area contributed by atoms with Gasteiger partial charge in [-0.05, 0) is 19.3 Å². The quantitative estimate of drug-likeness (QED) is 0.772. The standard InChI is InChI=1S/C13H21N5O/c14-4-6-17-8-12(15-9-17)13(19)16-10-3-5-18(7-10)11-1-2-11/h8-11H,1-7,14H2,(H,16,19). The van der Waals surface area contributed by atoms with E-state index in [1.807, 2.05) is 4.57 Å². The minimum atomic E-state index is -0.0709. The summed E-state index contributed by atoms with van der Waals surface area (Å²) in [6, 6.07) is 1.05.